The lowest BCUT2D eigenvalue weighted by molar-refractivity contribution is -0.143. The molecule has 0 aliphatic carbocycles. The van der Waals surface area contributed by atoms with Crippen molar-refractivity contribution < 1.29 is 14.7 Å². The Hall–Kier alpha value is -1.59. The Bertz CT molecular complexity index is 545. The summed E-state index contributed by atoms with van der Waals surface area (Å²) < 4.78 is 0. The smallest absolute Gasteiger partial charge is 0.306 e. The first-order valence-corrected chi connectivity index (χ1v) is 8.85. The number of carboxylic acids is 1. The number of carbonyl (C=O) groups excluding carboxylic acids is 1. The zero-order chi connectivity index (χ0) is 17.5. The molecule has 1 fully saturated rings. The van der Waals surface area contributed by atoms with E-state index in [0.29, 0.717) is 25.9 Å². The number of hydrogen-bond acceptors (Lipinski definition) is 3. The summed E-state index contributed by atoms with van der Waals surface area (Å²) in [6, 6.07) is 9.84. The van der Waals surface area contributed by atoms with Crippen LogP contribution >= 0.6 is 12.4 Å². The zero-order valence-electron chi connectivity index (χ0n) is 15.0. The van der Waals surface area contributed by atoms with Crippen molar-refractivity contribution in [3.05, 3.63) is 35.9 Å². The molecule has 0 spiro atoms. The number of carboxylic acid groups (broad SMARTS) is 1. The van der Waals surface area contributed by atoms with Gasteiger partial charge in [0.25, 0.3) is 0 Å². The summed E-state index contributed by atoms with van der Waals surface area (Å²) in [6.07, 6.45) is 3.13. The number of benzene rings is 1. The Balaban J connectivity index is 0.00000312. The molecular formula is C19H29ClN2O3. The van der Waals surface area contributed by atoms with Crippen molar-refractivity contribution in [3.63, 3.8) is 0 Å². The second-order valence-electron chi connectivity index (χ2n) is 6.58. The van der Waals surface area contributed by atoms with E-state index in [0.717, 1.165) is 18.4 Å². The first kappa shape index (κ1) is 21.5. The van der Waals surface area contributed by atoms with Crippen LogP contribution in [-0.2, 0) is 9.59 Å². The van der Waals surface area contributed by atoms with E-state index in [2.05, 4.69) is 17.1 Å². The van der Waals surface area contributed by atoms with Gasteiger partial charge in [0.05, 0.1) is 18.0 Å². The van der Waals surface area contributed by atoms with Crippen molar-refractivity contribution in [1.29, 1.82) is 0 Å². The number of hydrogen-bond donors (Lipinski definition) is 2. The first-order valence-electron chi connectivity index (χ1n) is 8.85. The Morgan fingerprint density at radius 2 is 1.84 bits per heavy atom. The van der Waals surface area contributed by atoms with E-state index in [1.807, 2.05) is 37.3 Å². The van der Waals surface area contributed by atoms with Crippen LogP contribution in [0.15, 0.2) is 30.3 Å². The van der Waals surface area contributed by atoms with Gasteiger partial charge in [-0.15, -0.1) is 12.4 Å². The van der Waals surface area contributed by atoms with Crippen LogP contribution in [0, 0.1) is 5.92 Å². The van der Waals surface area contributed by atoms with Crippen molar-refractivity contribution in [2.45, 2.75) is 51.6 Å². The van der Waals surface area contributed by atoms with E-state index in [4.69, 9.17) is 5.11 Å². The lowest BCUT2D eigenvalue weighted by Gasteiger charge is -2.34. The van der Waals surface area contributed by atoms with Crippen LogP contribution in [0.3, 0.4) is 0 Å². The molecule has 1 aliphatic rings. The van der Waals surface area contributed by atoms with Gasteiger partial charge in [-0.25, -0.2) is 0 Å². The maximum Gasteiger partial charge on any atom is 0.306 e. The molecule has 1 heterocycles. The number of amides is 1. The summed E-state index contributed by atoms with van der Waals surface area (Å²) >= 11 is 0. The van der Waals surface area contributed by atoms with Crippen molar-refractivity contribution in [2.24, 2.45) is 5.92 Å². The molecule has 0 saturated carbocycles. The number of carbonyl (C=O) groups is 2. The molecule has 2 rings (SSSR count). The zero-order valence-corrected chi connectivity index (χ0v) is 15.8. The number of nitrogens with zero attached hydrogens (tertiary/aromatic N) is 1. The molecule has 140 valence electrons. The Morgan fingerprint density at radius 3 is 2.36 bits per heavy atom. The fourth-order valence-electron chi connectivity index (χ4n) is 3.29. The van der Waals surface area contributed by atoms with E-state index in [1.54, 1.807) is 0 Å². The van der Waals surface area contributed by atoms with Gasteiger partial charge in [-0.05, 0) is 44.8 Å². The predicted molar refractivity (Wildman–Crippen MR) is 101 cm³/mol. The van der Waals surface area contributed by atoms with Gasteiger partial charge in [-0.3, -0.25) is 14.5 Å². The molecule has 1 aromatic carbocycles. The Labute approximate surface area is 156 Å². The number of halogens is 1. The summed E-state index contributed by atoms with van der Waals surface area (Å²) in [4.78, 5) is 25.8. The van der Waals surface area contributed by atoms with Crippen LogP contribution in [0.1, 0.15) is 51.1 Å². The second-order valence-corrected chi connectivity index (χ2v) is 6.58. The molecule has 1 saturated heterocycles. The minimum Gasteiger partial charge on any atom is -0.481 e. The van der Waals surface area contributed by atoms with Crippen LogP contribution in [0.2, 0.25) is 0 Å². The fourth-order valence-corrected chi connectivity index (χ4v) is 3.29. The highest BCUT2D eigenvalue weighted by molar-refractivity contribution is 5.85. The molecule has 2 N–H and O–H groups in total. The third-order valence-electron chi connectivity index (χ3n) is 4.90. The SMILES string of the molecule is CCCC(NC(=O)C(C)N1CCC(C(=O)O)CC1)c1ccccc1.Cl. The van der Waals surface area contributed by atoms with Crippen molar-refractivity contribution in [1.82, 2.24) is 10.2 Å². The van der Waals surface area contributed by atoms with Crippen LogP contribution in [0.25, 0.3) is 0 Å². The van der Waals surface area contributed by atoms with Gasteiger partial charge in [0.1, 0.15) is 0 Å². The van der Waals surface area contributed by atoms with Crippen LogP contribution in [0.4, 0.5) is 0 Å². The lowest BCUT2D eigenvalue weighted by atomic mass is 9.96. The first-order chi connectivity index (χ1) is 11.5. The van der Waals surface area contributed by atoms with E-state index in [9.17, 15) is 9.59 Å². The summed E-state index contributed by atoms with van der Waals surface area (Å²) in [7, 11) is 0. The van der Waals surface area contributed by atoms with Crippen LogP contribution < -0.4 is 5.32 Å². The molecule has 2 unspecified atom stereocenters. The average Bonchev–Trinajstić information content (AvgIpc) is 2.61. The molecule has 2 atom stereocenters. The molecular weight excluding hydrogens is 340 g/mol. The molecule has 0 bridgehead atoms. The molecule has 1 aromatic rings. The highest BCUT2D eigenvalue weighted by Crippen LogP contribution is 2.21. The fraction of sp³-hybridized carbons (Fsp3) is 0.579. The number of nitrogens with one attached hydrogen (secondary N) is 1. The van der Waals surface area contributed by atoms with Gasteiger partial charge in [-0.1, -0.05) is 43.7 Å². The highest BCUT2D eigenvalue weighted by Gasteiger charge is 2.30. The van der Waals surface area contributed by atoms with E-state index >= 15 is 0 Å². The third-order valence-corrected chi connectivity index (χ3v) is 4.90. The van der Waals surface area contributed by atoms with Crippen molar-refractivity contribution in [2.75, 3.05) is 13.1 Å². The molecule has 0 aromatic heterocycles. The molecule has 1 amide bonds. The number of rotatable bonds is 7. The van der Waals surface area contributed by atoms with E-state index in [-0.39, 0.29) is 36.3 Å². The van der Waals surface area contributed by atoms with E-state index < -0.39 is 5.97 Å². The van der Waals surface area contributed by atoms with Crippen LogP contribution in [0.5, 0.6) is 0 Å². The number of piperidine rings is 1. The van der Waals surface area contributed by atoms with Gasteiger partial charge >= 0.3 is 5.97 Å². The minimum absolute atomic E-state index is 0. The van der Waals surface area contributed by atoms with Gasteiger partial charge in [0.15, 0.2) is 0 Å². The van der Waals surface area contributed by atoms with Gasteiger partial charge in [0, 0.05) is 0 Å². The molecule has 5 nitrogen and oxygen atoms in total. The normalized spacial score (nSPS) is 18.0. The average molecular weight is 369 g/mol. The van der Waals surface area contributed by atoms with Gasteiger partial charge in [0.2, 0.25) is 5.91 Å². The van der Waals surface area contributed by atoms with Gasteiger partial charge in [-0.2, -0.15) is 0 Å². The molecule has 25 heavy (non-hydrogen) atoms. The van der Waals surface area contributed by atoms with Crippen molar-refractivity contribution in [3.8, 4) is 0 Å². The number of likely N-dealkylation sites (tertiary alicyclic amines) is 1. The molecule has 0 radical (unpaired) electrons. The summed E-state index contributed by atoms with van der Waals surface area (Å²) in [5.74, 6) is -0.974. The predicted octanol–water partition coefficient (Wildman–Crippen LogP) is 3.25. The maximum atomic E-state index is 12.6. The standard InChI is InChI=1S/C19H28N2O3.ClH/c1-3-7-17(15-8-5-4-6-9-15)20-18(22)14(2)21-12-10-16(11-13-21)19(23)24;/h4-6,8-9,14,16-17H,3,7,10-13H2,1-2H3,(H,20,22)(H,23,24);1H. The van der Waals surface area contributed by atoms with E-state index in [1.165, 1.54) is 0 Å². The second kappa shape index (κ2) is 10.4. The van der Waals surface area contributed by atoms with Gasteiger partial charge < -0.3 is 10.4 Å². The Kier molecular flexibility index (Phi) is 8.93. The van der Waals surface area contributed by atoms with Crippen molar-refractivity contribution >= 4 is 24.3 Å². The highest BCUT2D eigenvalue weighted by atomic mass is 35.5. The molecule has 6 heteroatoms. The quantitative estimate of drug-likeness (QED) is 0.775. The van der Waals surface area contributed by atoms with Crippen LogP contribution in [-0.4, -0.2) is 41.0 Å². The largest absolute Gasteiger partial charge is 0.481 e. The maximum absolute atomic E-state index is 12.6. The lowest BCUT2D eigenvalue weighted by Crippen LogP contribution is -2.49. The minimum atomic E-state index is -0.723. The summed E-state index contributed by atoms with van der Waals surface area (Å²) in [6.45, 7) is 5.34. The molecule has 1 aliphatic heterocycles. The Morgan fingerprint density at radius 1 is 1.24 bits per heavy atom. The summed E-state index contributed by atoms with van der Waals surface area (Å²) in [5.41, 5.74) is 1.13. The topological polar surface area (TPSA) is 69.6 Å². The third kappa shape index (κ3) is 6.01. The number of aliphatic carboxylic acids is 1. The monoisotopic (exact) mass is 368 g/mol. The summed E-state index contributed by atoms with van der Waals surface area (Å²) in [5, 5.41) is 12.2.